The number of hydrogen-bond donors (Lipinski definition) is 2. The maximum absolute atomic E-state index is 12.0. The second-order valence-corrected chi connectivity index (χ2v) is 5.85. The third kappa shape index (κ3) is 4.52. The van der Waals surface area contributed by atoms with Crippen LogP contribution in [0.2, 0.25) is 0 Å². The monoisotopic (exact) mass is 396 g/mol. The number of carbonyl (C=O) groups is 1. The molecule has 122 valence electrons. The van der Waals surface area contributed by atoms with E-state index < -0.39 is 5.97 Å². The lowest BCUT2D eigenvalue weighted by molar-refractivity contribution is 0.0527. The van der Waals surface area contributed by atoms with Crippen molar-refractivity contribution in [3.8, 4) is 0 Å². The molecule has 0 atom stereocenters. The maximum atomic E-state index is 12.0. The number of nitrogens with one attached hydrogen (secondary N) is 2. The predicted octanol–water partition coefficient (Wildman–Crippen LogP) is 3.65. The number of nitrogens with zero attached hydrogens (tertiary/aromatic N) is 2. The molecule has 1 aromatic carbocycles. The van der Waals surface area contributed by atoms with Crippen LogP contribution in [0, 0.1) is 0 Å². The molecule has 0 unspecified atom stereocenters. The van der Waals surface area contributed by atoms with Crippen molar-refractivity contribution in [3.63, 3.8) is 0 Å². The molecule has 8 heteroatoms. The molecule has 0 bridgehead atoms. The molecule has 23 heavy (non-hydrogen) atoms. The second kappa shape index (κ2) is 8.07. The van der Waals surface area contributed by atoms with Crippen LogP contribution in [0.3, 0.4) is 0 Å². The average molecular weight is 397 g/mol. The van der Waals surface area contributed by atoms with Crippen LogP contribution >= 0.6 is 28.1 Å². The topological polar surface area (TPSA) is 68.2 Å². The molecule has 0 aliphatic heterocycles. The smallest absolute Gasteiger partial charge is 0.343 e. The van der Waals surface area contributed by atoms with Crippen molar-refractivity contribution in [2.45, 2.75) is 20.4 Å². The van der Waals surface area contributed by atoms with Gasteiger partial charge in [0.05, 0.1) is 12.8 Å². The Kier molecular flexibility index (Phi) is 6.12. The average Bonchev–Trinajstić information content (AvgIpc) is 2.92. The lowest BCUT2D eigenvalue weighted by atomic mass is 10.3. The van der Waals surface area contributed by atoms with E-state index in [0.29, 0.717) is 29.6 Å². The number of thiocarbonyl (C=S) groups is 1. The Balaban J connectivity index is 2.14. The molecule has 0 radical (unpaired) electrons. The Morgan fingerprint density at radius 1 is 1.30 bits per heavy atom. The van der Waals surface area contributed by atoms with Gasteiger partial charge >= 0.3 is 5.97 Å². The minimum Gasteiger partial charge on any atom is -0.462 e. The number of esters is 1. The number of hydrogen-bond acceptors (Lipinski definition) is 4. The lowest BCUT2D eigenvalue weighted by Crippen LogP contribution is -2.23. The molecule has 6 nitrogen and oxygen atoms in total. The summed E-state index contributed by atoms with van der Waals surface area (Å²) in [6.07, 6.45) is 1.48. The molecule has 2 rings (SSSR count). The van der Waals surface area contributed by atoms with E-state index in [2.05, 4.69) is 31.7 Å². The molecule has 2 N–H and O–H groups in total. The van der Waals surface area contributed by atoms with Gasteiger partial charge in [0.1, 0.15) is 11.4 Å². The Hall–Kier alpha value is -1.93. The minimum atomic E-state index is -0.429. The third-order valence-electron chi connectivity index (χ3n) is 2.97. The van der Waals surface area contributed by atoms with Gasteiger partial charge in [-0.15, -0.1) is 0 Å². The highest BCUT2D eigenvalue weighted by atomic mass is 79.9. The van der Waals surface area contributed by atoms with Crippen molar-refractivity contribution in [1.82, 2.24) is 9.78 Å². The molecule has 0 fully saturated rings. The van der Waals surface area contributed by atoms with Crippen LogP contribution in [-0.2, 0) is 11.3 Å². The van der Waals surface area contributed by atoms with E-state index in [-0.39, 0.29) is 0 Å². The van der Waals surface area contributed by atoms with Gasteiger partial charge in [-0.1, -0.05) is 15.9 Å². The quantitative estimate of drug-likeness (QED) is 0.593. The van der Waals surface area contributed by atoms with Crippen LogP contribution in [0.1, 0.15) is 24.2 Å². The zero-order valence-electron chi connectivity index (χ0n) is 12.8. The van der Waals surface area contributed by atoms with Gasteiger partial charge in [-0.3, -0.25) is 0 Å². The second-order valence-electron chi connectivity index (χ2n) is 4.53. The van der Waals surface area contributed by atoms with Gasteiger partial charge in [0.15, 0.2) is 5.11 Å². The molecule has 0 spiro atoms. The van der Waals surface area contributed by atoms with E-state index in [1.165, 1.54) is 6.20 Å². The Bertz CT molecular complexity index is 700. The highest BCUT2D eigenvalue weighted by Gasteiger charge is 2.19. The zero-order valence-corrected chi connectivity index (χ0v) is 15.2. The minimum absolute atomic E-state index is 0.303. The number of benzene rings is 1. The van der Waals surface area contributed by atoms with E-state index in [4.69, 9.17) is 17.0 Å². The first-order chi connectivity index (χ1) is 11.0. The van der Waals surface area contributed by atoms with Gasteiger partial charge in [0, 0.05) is 16.7 Å². The largest absolute Gasteiger partial charge is 0.462 e. The summed E-state index contributed by atoms with van der Waals surface area (Å²) in [6.45, 7) is 4.59. The van der Waals surface area contributed by atoms with Gasteiger partial charge in [-0.05, 0) is 50.3 Å². The van der Waals surface area contributed by atoms with Crippen LogP contribution in [0.15, 0.2) is 34.9 Å². The summed E-state index contributed by atoms with van der Waals surface area (Å²) in [5.74, 6) is 0.0849. The van der Waals surface area contributed by atoms with Crippen molar-refractivity contribution in [2.75, 3.05) is 17.2 Å². The number of rotatable bonds is 5. The molecular weight excluding hydrogens is 380 g/mol. The number of halogens is 1. The van der Waals surface area contributed by atoms with Crippen LogP contribution < -0.4 is 10.6 Å². The van der Waals surface area contributed by atoms with Crippen LogP contribution in [0.25, 0.3) is 0 Å². The standard InChI is InChI=1S/C15H17BrN4O2S/c1-3-20-13(12(9-17-20)14(21)22-4-2)19-15(23)18-11-7-5-10(16)6-8-11/h5-9H,3-4H2,1-2H3,(H2,18,19,23). The van der Waals surface area contributed by atoms with E-state index in [9.17, 15) is 4.79 Å². The Morgan fingerprint density at radius 3 is 2.61 bits per heavy atom. The molecule has 1 aromatic heterocycles. The first kappa shape index (κ1) is 17.4. The van der Waals surface area contributed by atoms with E-state index in [0.717, 1.165) is 10.2 Å². The van der Waals surface area contributed by atoms with Crippen LogP contribution in [0.5, 0.6) is 0 Å². The number of aromatic nitrogens is 2. The Labute approximate surface area is 148 Å². The van der Waals surface area contributed by atoms with Crippen molar-refractivity contribution in [3.05, 3.63) is 40.5 Å². The highest BCUT2D eigenvalue weighted by Crippen LogP contribution is 2.18. The summed E-state index contributed by atoms with van der Waals surface area (Å²) in [5, 5.41) is 10.6. The molecule has 0 aliphatic rings. The number of carbonyl (C=O) groups excluding carboxylic acids is 1. The van der Waals surface area contributed by atoms with Gasteiger partial charge in [-0.2, -0.15) is 5.10 Å². The van der Waals surface area contributed by atoms with Gasteiger partial charge in [0.25, 0.3) is 0 Å². The molecular formula is C15H17BrN4O2S. The first-order valence-corrected chi connectivity index (χ1v) is 8.31. The number of aryl methyl sites for hydroxylation is 1. The molecule has 0 saturated heterocycles. The lowest BCUT2D eigenvalue weighted by Gasteiger charge is -2.13. The van der Waals surface area contributed by atoms with Crippen LogP contribution in [-0.4, -0.2) is 27.5 Å². The Morgan fingerprint density at radius 2 is 2.00 bits per heavy atom. The summed E-state index contributed by atoms with van der Waals surface area (Å²) in [7, 11) is 0. The van der Waals surface area contributed by atoms with E-state index >= 15 is 0 Å². The fourth-order valence-electron chi connectivity index (χ4n) is 1.92. The number of anilines is 2. The summed E-state index contributed by atoms with van der Waals surface area (Å²) in [4.78, 5) is 12.0. The molecule has 1 heterocycles. The van der Waals surface area contributed by atoms with Crippen molar-refractivity contribution in [2.24, 2.45) is 0 Å². The summed E-state index contributed by atoms with van der Waals surface area (Å²) in [5.41, 5.74) is 1.19. The SMILES string of the molecule is CCOC(=O)c1cnn(CC)c1NC(=S)Nc1ccc(Br)cc1. The summed E-state index contributed by atoms with van der Waals surface area (Å²) >= 11 is 8.69. The molecule has 2 aromatic rings. The normalized spacial score (nSPS) is 10.2. The zero-order chi connectivity index (χ0) is 16.8. The fourth-order valence-corrected chi connectivity index (χ4v) is 2.40. The fraction of sp³-hybridized carbons (Fsp3) is 0.267. The van der Waals surface area contributed by atoms with Crippen molar-refractivity contribution in [1.29, 1.82) is 0 Å². The van der Waals surface area contributed by atoms with E-state index in [1.54, 1.807) is 11.6 Å². The van der Waals surface area contributed by atoms with Gasteiger partial charge in [-0.25, -0.2) is 9.48 Å². The summed E-state index contributed by atoms with van der Waals surface area (Å²) < 4.78 is 7.67. The molecule has 0 saturated carbocycles. The number of ether oxygens (including phenoxy) is 1. The third-order valence-corrected chi connectivity index (χ3v) is 3.70. The van der Waals surface area contributed by atoms with E-state index in [1.807, 2.05) is 31.2 Å². The van der Waals surface area contributed by atoms with Crippen molar-refractivity contribution >= 4 is 50.7 Å². The first-order valence-electron chi connectivity index (χ1n) is 7.11. The highest BCUT2D eigenvalue weighted by molar-refractivity contribution is 9.10. The van der Waals surface area contributed by atoms with Gasteiger partial charge in [0.2, 0.25) is 0 Å². The maximum Gasteiger partial charge on any atom is 0.343 e. The van der Waals surface area contributed by atoms with Crippen molar-refractivity contribution < 1.29 is 9.53 Å². The summed E-state index contributed by atoms with van der Waals surface area (Å²) in [6, 6.07) is 7.60. The molecule has 0 aliphatic carbocycles. The van der Waals surface area contributed by atoms with Gasteiger partial charge < -0.3 is 15.4 Å². The van der Waals surface area contributed by atoms with Crippen LogP contribution in [0.4, 0.5) is 11.5 Å². The predicted molar refractivity (Wildman–Crippen MR) is 97.8 cm³/mol. The molecule has 0 amide bonds.